The normalized spacial score (nSPS) is 20.8. The van der Waals surface area contributed by atoms with E-state index in [1.165, 1.54) is 0 Å². The highest BCUT2D eigenvalue weighted by atomic mass is 79.9. The third-order valence-electron chi connectivity index (χ3n) is 4.67. The van der Waals surface area contributed by atoms with E-state index in [0.717, 1.165) is 26.6 Å². The molecule has 1 unspecified atom stereocenters. The van der Waals surface area contributed by atoms with Crippen LogP contribution in [-0.4, -0.2) is 45.7 Å². The summed E-state index contributed by atoms with van der Waals surface area (Å²) in [7, 11) is 1.69. The zero-order valence-corrected chi connectivity index (χ0v) is 18.1. The summed E-state index contributed by atoms with van der Waals surface area (Å²) in [4.78, 5) is 18.7. The van der Waals surface area contributed by atoms with Crippen LogP contribution in [-0.2, 0) is 15.1 Å². The number of pyridine rings is 1. The number of carbonyl (C=O) groups is 1. The number of aryl methyl sites for hydroxylation is 1. The number of methoxy groups -OCH3 is 1. The van der Waals surface area contributed by atoms with Crippen LogP contribution in [0.5, 0.6) is 0 Å². The fourth-order valence-corrected chi connectivity index (χ4v) is 4.56. The lowest BCUT2D eigenvalue weighted by molar-refractivity contribution is -0.0125. The number of aromatic nitrogens is 2. The van der Waals surface area contributed by atoms with Gasteiger partial charge in [0.05, 0.1) is 6.54 Å². The molecule has 1 aliphatic rings. The molecule has 0 aliphatic carbocycles. The summed E-state index contributed by atoms with van der Waals surface area (Å²) in [5, 5.41) is 0.966. The highest BCUT2D eigenvalue weighted by Gasteiger charge is 2.45. The first-order valence-electron chi connectivity index (χ1n) is 8.47. The van der Waals surface area contributed by atoms with E-state index < -0.39 is 11.2 Å². The van der Waals surface area contributed by atoms with E-state index in [4.69, 9.17) is 9.47 Å². The molecule has 0 spiro atoms. The molecular formula is C18H24BrN3O3S. The molecule has 26 heavy (non-hydrogen) atoms. The van der Waals surface area contributed by atoms with Crippen LogP contribution in [0.4, 0.5) is 4.79 Å². The fraction of sp³-hybridized carbons (Fsp3) is 0.556. The van der Waals surface area contributed by atoms with E-state index in [-0.39, 0.29) is 6.09 Å². The smallest absolute Gasteiger partial charge is 0.410 e. The predicted octanol–water partition coefficient (Wildman–Crippen LogP) is 4.28. The lowest BCUT2D eigenvalue weighted by Crippen LogP contribution is -2.39. The molecule has 2 aromatic rings. The van der Waals surface area contributed by atoms with Crippen molar-refractivity contribution in [3.8, 4) is 0 Å². The number of carbonyl (C=O) groups excluding carboxylic acids is 1. The topological polar surface area (TPSA) is 56.6 Å². The number of nitrogens with zero attached hydrogens (tertiary/aromatic N) is 3. The number of ether oxygens (including phenoxy) is 2. The largest absolute Gasteiger partial charge is 0.444 e. The number of amides is 1. The molecule has 1 atom stereocenters. The number of halogens is 1. The molecule has 0 bridgehead atoms. The SMILES string of the molecule is COC1(c2c(C)cnc3c2c(Br)cn3S)CCN(C(=O)OC(C)(C)C)C1. The van der Waals surface area contributed by atoms with Gasteiger partial charge >= 0.3 is 6.09 Å². The minimum Gasteiger partial charge on any atom is -0.444 e. The number of fused-ring (bicyclic) bond motifs is 1. The Kier molecular flexibility index (Phi) is 5.05. The summed E-state index contributed by atoms with van der Waals surface area (Å²) in [5.41, 5.74) is 1.68. The van der Waals surface area contributed by atoms with Crippen LogP contribution in [0.1, 0.15) is 38.3 Å². The summed E-state index contributed by atoms with van der Waals surface area (Å²) in [6.07, 6.45) is 4.07. The minimum absolute atomic E-state index is 0.315. The van der Waals surface area contributed by atoms with Crippen LogP contribution in [0.2, 0.25) is 0 Å². The summed E-state index contributed by atoms with van der Waals surface area (Å²) in [6.45, 7) is 8.63. The highest BCUT2D eigenvalue weighted by Crippen LogP contribution is 2.43. The summed E-state index contributed by atoms with van der Waals surface area (Å²) in [5.74, 6) is 0. The molecule has 8 heteroatoms. The second-order valence-electron chi connectivity index (χ2n) is 7.69. The summed E-state index contributed by atoms with van der Waals surface area (Å²) < 4.78 is 14.1. The molecule has 0 radical (unpaired) electrons. The summed E-state index contributed by atoms with van der Waals surface area (Å²) in [6, 6.07) is 0. The quantitative estimate of drug-likeness (QED) is 0.706. The lowest BCUT2D eigenvalue weighted by atomic mass is 9.88. The first-order chi connectivity index (χ1) is 12.1. The van der Waals surface area contributed by atoms with Gasteiger partial charge in [-0.25, -0.2) is 9.78 Å². The Balaban J connectivity index is 2.04. The molecule has 3 rings (SSSR count). The number of hydrogen-bond acceptors (Lipinski definition) is 5. The zero-order chi connectivity index (χ0) is 19.3. The van der Waals surface area contributed by atoms with Crippen LogP contribution in [0.3, 0.4) is 0 Å². The Hall–Kier alpha value is -1.25. The monoisotopic (exact) mass is 441 g/mol. The molecule has 2 aromatic heterocycles. The van der Waals surface area contributed by atoms with E-state index in [2.05, 4.69) is 33.7 Å². The maximum absolute atomic E-state index is 12.5. The Morgan fingerprint density at radius 3 is 2.73 bits per heavy atom. The molecule has 3 heterocycles. The fourth-order valence-electron chi connectivity index (χ4n) is 3.55. The molecule has 0 N–H and O–H groups in total. The molecule has 6 nitrogen and oxygen atoms in total. The van der Waals surface area contributed by atoms with Gasteiger partial charge in [-0.15, -0.1) is 0 Å². The van der Waals surface area contributed by atoms with E-state index in [9.17, 15) is 4.79 Å². The molecule has 1 fully saturated rings. The third-order valence-corrected chi connectivity index (χ3v) is 5.58. The molecule has 1 amide bonds. The van der Waals surface area contributed by atoms with Gasteiger partial charge in [-0.1, -0.05) is 12.8 Å². The van der Waals surface area contributed by atoms with Gasteiger partial charge in [0.2, 0.25) is 0 Å². The molecular weight excluding hydrogens is 418 g/mol. The van der Waals surface area contributed by atoms with Crippen LogP contribution in [0.25, 0.3) is 11.0 Å². The Morgan fingerprint density at radius 1 is 1.42 bits per heavy atom. The van der Waals surface area contributed by atoms with E-state index >= 15 is 0 Å². The minimum atomic E-state index is -0.611. The van der Waals surface area contributed by atoms with Crippen LogP contribution < -0.4 is 0 Å². The lowest BCUT2D eigenvalue weighted by Gasteiger charge is -2.31. The van der Waals surface area contributed by atoms with Crippen molar-refractivity contribution in [2.75, 3.05) is 20.2 Å². The summed E-state index contributed by atoms with van der Waals surface area (Å²) >= 11 is 8.06. The van der Waals surface area contributed by atoms with Crippen molar-refractivity contribution in [1.82, 2.24) is 13.9 Å². The van der Waals surface area contributed by atoms with E-state index in [1.54, 1.807) is 16.0 Å². The van der Waals surface area contributed by atoms with Crippen LogP contribution in [0.15, 0.2) is 16.9 Å². The third kappa shape index (κ3) is 3.34. The van der Waals surface area contributed by atoms with Crippen molar-refractivity contribution < 1.29 is 14.3 Å². The second-order valence-corrected chi connectivity index (χ2v) is 8.97. The first-order valence-corrected chi connectivity index (χ1v) is 9.66. The van der Waals surface area contributed by atoms with Gasteiger partial charge in [0.25, 0.3) is 0 Å². The predicted molar refractivity (Wildman–Crippen MR) is 108 cm³/mol. The number of hydrogen-bond donors (Lipinski definition) is 1. The maximum Gasteiger partial charge on any atom is 0.410 e. The number of rotatable bonds is 2. The van der Waals surface area contributed by atoms with E-state index in [1.807, 2.05) is 40.1 Å². The van der Waals surface area contributed by atoms with Crippen molar-refractivity contribution >= 4 is 45.9 Å². The first kappa shape index (κ1) is 19.5. The Bertz CT molecular complexity index is 861. The Morgan fingerprint density at radius 2 is 2.12 bits per heavy atom. The van der Waals surface area contributed by atoms with Gasteiger partial charge in [0.1, 0.15) is 11.2 Å². The highest BCUT2D eigenvalue weighted by molar-refractivity contribution is 9.10. The molecule has 0 saturated carbocycles. The van der Waals surface area contributed by atoms with Crippen LogP contribution in [0, 0.1) is 6.92 Å². The van der Waals surface area contributed by atoms with Crippen molar-refractivity contribution in [3.05, 3.63) is 28.0 Å². The zero-order valence-electron chi connectivity index (χ0n) is 15.7. The average Bonchev–Trinajstić information content (AvgIpc) is 3.09. The van der Waals surface area contributed by atoms with Gasteiger partial charge in [-0.2, -0.15) is 0 Å². The van der Waals surface area contributed by atoms with Gasteiger partial charge in [0.15, 0.2) is 5.65 Å². The Labute approximate surface area is 167 Å². The number of likely N-dealkylation sites (tertiary alicyclic amines) is 1. The molecule has 0 aromatic carbocycles. The van der Waals surface area contributed by atoms with Gasteiger partial charge < -0.3 is 14.4 Å². The molecule has 1 saturated heterocycles. The van der Waals surface area contributed by atoms with E-state index in [0.29, 0.717) is 19.5 Å². The van der Waals surface area contributed by atoms with Crippen molar-refractivity contribution in [1.29, 1.82) is 0 Å². The van der Waals surface area contributed by atoms with Crippen LogP contribution >= 0.6 is 28.7 Å². The van der Waals surface area contributed by atoms with Gasteiger partial charge in [-0.3, -0.25) is 3.97 Å². The molecule has 142 valence electrons. The average molecular weight is 442 g/mol. The standard InChI is InChI=1S/C18H24BrN3O3S/c1-11-8-20-15-13(12(19)9-22(15)26)14(11)18(24-5)6-7-21(10-18)16(23)25-17(2,3)4/h8-9,26H,6-7,10H2,1-5H3. The van der Waals surface area contributed by atoms with Crippen molar-refractivity contribution in [2.24, 2.45) is 0 Å². The van der Waals surface area contributed by atoms with Crippen molar-refractivity contribution in [2.45, 2.75) is 45.3 Å². The maximum atomic E-state index is 12.5. The molecule has 1 aliphatic heterocycles. The van der Waals surface area contributed by atoms with Crippen molar-refractivity contribution in [3.63, 3.8) is 0 Å². The van der Waals surface area contributed by atoms with Gasteiger partial charge in [-0.05, 0) is 49.2 Å². The number of thiol groups is 1. The van der Waals surface area contributed by atoms with Gasteiger partial charge in [0, 0.05) is 47.9 Å². The second kappa shape index (κ2) is 6.73.